The molecule has 0 unspecified atom stereocenters. The SMILES string of the molecule is CN(Cc1ccccn1)C(=O)c1ccc2c(c1)CCCN2. The van der Waals surface area contributed by atoms with Gasteiger partial charge in [0, 0.05) is 31.0 Å². The van der Waals surface area contributed by atoms with E-state index < -0.39 is 0 Å². The normalized spacial score (nSPS) is 13.2. The second kappa shape index (κ2) is 5.95. The first-order valence-corrected chi connectivity index (χ1v) is 7.26. The summed E-state index contributed by atoms with van der Waals surface area (Å²) in [6.45, 7) is 1.54. The Balaban J connectivity index is 1.75. The molecule has 0 aliphatic carbocycles. The van der Waals surface area contributed by atoms with Crippen molar-refractivity contribution in [3.8, 4) is 0 Å². The topological polar surface area (TPSA) is 45.2 Å². The first-order valence-electron chi connectivity index (χ1n) is 7.26. The molecule has 1 aromatic heterocycles. The van der Waals surface area contributed by atoms with E-state index in [0.29, 0.717) is 6.54 Å². The quantitative estimate of drug-likeness (QED) is 0.941. The van der Waals surface area contributed by atoms with E-state index in [0.717, 1.165) is 36.3 Å². The Hall–Kier alpha value is -2.36. The Bertz CT molecular complexity index is 640. The zero-order valence-electron chi connectivity index (χ0n) is 12.2. The lowest BCUT2D eigenvalue weighted by atomic mass is 10.0. The van der Waals surface area contributed by atoms with Crippen LogP contribution in [0.2, 0.25) is 0 Å². The molecule has 4 nitrogen and oxygen atoms in total. The second-order valence-corrected chi connectivity index (χ2v) is 5.38. The number of carbonyl (C=O) groups excluding carboxylic acids is 1. The summed E-state index contributed by atoms with van der Waals surface area (Å²) in [4.78, 5) is 18.5. The Morgan fingerprint density at radius 2 is 2.24 bits per heavy atom. The molecule has 4 heteroatoms. The van der Waals surface area contributed by atoms with E-state index in [1.807, 2.05) is 43.4 Å². The fourth-order valence-electron chi connectivity index (χ4n) is 2.63. The number of hydrogen-bond donors (Lipinski definition) is 1. The molecule has 0 fully saturated rings. The summed E-state index contributed by atoms with van der Waals surface area (Å²) in [5.41, 5.74) is 4.03. The Labute approximate surface area is 124 Å². The molecule has 108 valence electrons. The lowest BCUT2D eigenvalue weighted by molar-refractivity contribution is 0.0783. The van der Waals surface area contributed by atoms with Crippen molar-refractivity contribution in [2.45, 2.75) is 19.4 Å². The summed E-state index contributed by atoms with van der Waals surface area (Å²) < 4.78 is 0. The number of nitrogens with zero attached hydrogens (tertiary/aromatic N) is 2. The van der Waals surface area contributed by atoms with Gasteiger partial charge in [-0.25, -0.2) is 0 Å². The number of amides is 1. The van der Waals surface area contributed by atoms with Crippen LogP contribution in [0, 0.1) is 0 Å². The van der Waals surface area contributed by atoms with Crippen LogP contribution in [0.15, 0.2) is 42.6 Å². The van der Waals surface area contributed by atoms with Gasteiger partial charge < -0.3 is 10.2 Å². The van der Waals surface area contributed by atoms with Crippen LogP contribution in [0.3, 0.4) is 0 Å². The Morgan fingerprint density at radius 3 is 3.05 bits per heavy atom. The molecule has 1 aliphatic rings. The van der Waals surface area contributed by atoms with Crippen molar-refractivity contribution in [3.63, 3.8) is 0 Å². The van der Waals surface area contributed by atoms with Gasteiger partial charge in [0.25, 0.3) is 5.91 Å². The van der Waals surface area contributed by atoms with E-state index >= 15 is 0 Å². The summed E-state index contributed by atoms with van der Waals surface area (Å²) in [5.74, 6) is 0.0361. The Kier molecular flexibility index (Phi) is 3.86. The molecule has 0 saturated heterocycles. The van der Waals surface area contributed by atoms with E-state index in [2.05, 4.69) is 10.3 Å². The standard InChI is InChI=1S/C17H19N3O/c1-20(12-15-6-2-3-9-18-15)17(21)14-7-8-16-13(11-14)5-4-10-19-16/h2-3,6-9,11,19H,4-5,10,12H2,1H3. The number of hydrogen-bond acceptors (Lipinski definition) is 3. The van der Waals surface area contributed by atoms with Crippen LogP contribution < -0.4 is 5.32 Å². The van der Waals surface area contributed by atoms with Gasteiger partial charge in [0.15, 0.2) is 0 Å². The van der Waals surface area contributed by atoms with Gasteiger partial charge in [-0.05, 0) is 48.7 Å². The van der Waals surface area contributed by atoms with Crippen molar-refractivity contribution in [2.75, 3.05) is 18.9 Å². The fraction of sp³-hybridized carbons (Fsp3) is 0.294. The molecule has 0 saturated carbocycles. The molecule has 1 aromatic carbocycles. The summed E-state index contributed by atoms with van der Waals surface area (Å²) >= 11 is 0. The minimum Gasteiger partial charge on any atom is -0.385 e. The highest BCUT2D eigenvalue weighted by molar-refractivity contribution is 5.94. The average Bonchev–Trinajstić information content (AvgIpc) is 2.54. The molecule has 2 heterocycles. The molecule has 3 rings (SSSR count). The van der Waals surface area contributed by atoms with Crippen molar-refractivity contribution in [3.05, 3.63) is 59.4 Å². The average molecular weight is 281 g/mol. The van der Waals surface area contributed by atoms with Crippen molar-refractivity contribution in [1.29, 1.82) is 0 Å². The van der Waals surface area contributed by atoms with Crippen molar-refractivity contribution < 1.29 is 4.79 Å². The maximum absolute atomic E-state index is 12.5. The van der Waals surface area contributed by atoms with Gasteiger partial charge in [0.05, 0.1) is 12.2 Å². The number of rotatable bonds is 3. The molecule has 1 aliphatic heterocycles. The largest absolute Gasteiger partial charge is 0.385 e. The van der Waals surface area contributed by atoms with Gasteiger partial charge in [0.2, 0.25) is 0 Å². The first kappa shape index (κ1) is 13.6. The van der Waals surface area contributed by atoms with Crippen LogP contribution >= 0.6 is 0 Å². The van der Waals surface area contributed by atoms with Gasteiger partial charge in [0.1, 0.15) is 0 Å². The molecule has 1 N–H and O–H groups in total. The number of carbonyl (C=O) groups is 1. The highest BCUT2D eigenvalue weighted by atomic mass is 16.2. The van der Waals surface area contributed by atoms with Crippen molar-refractivity contribution in [2.24, 2.45) is 0 Å². The summed E-state index contributed by atoms with van der Waals surface area (Å²) in [7, 11) is 1.81. The third-order valence-corrected chi connectivity index (χ3v) is 3.76. The molecule has 2 aromatic rings. The van der Waals surface area contributed by atoms with Gasteiger partial charge >= 0.3 is 0 Å². The number of benzene rings is 1. The molecule has 0 radical (unpaired) electrons. The molecule has 0 spiro atoms. The minimum atomic E-state index is 0.0361. The van der Waals surface area contributed by atoms with Crippen LogP contribution in [-0.2, 0) is 13.0 Å². The number of anilines is 1. The third-order valence-electron chi connectivity index (χ3n) is 3.76. The monoisotopic (exact) mass is 281 g/mol. The fourth-order valence-corrected chi connectivity index (χ4v) is 2.63. The summed E-state index contributed by atoms with van der Waals surface area (Å²) in [6.07, 6.45) is 3.90. The van der Waals surface area contributed by atoms with Gasteiger partial charge in [-0.1, -0.05) is 6.07 Å². The second-order valence-electron chi connectivity index (χ2n) is 5.38. The molecule has 0 bridgehead atoms. The number of aryl methyl sites for hydroxylation is 1. The number of aromatic nitrogens is 1. The predicted molar refractivity (Wildman–Crippen MR) is 83.3 cm³/mol. The van der Waals surface area contributed by atoms with E-state index in [9.17, 15) is 4.79 Å². The number of fused-ring (bicyclic) bond motifs is 1. The molecule has 21 heavy (non-hydrogen) atoms. The summed E-state index contributed by atoms with van der Waals surface area (Å²) in [5, 5.41) is 3.36. The van der Waals surface area contributed by atoms with E-state index in [-0.39, 0.29) is 5.91 Å². The van der Waals surface area contributed by atoms with Gasteiger partial charge in [-0.15, -0.1) is 0 Å². The van der Waals surface area contributed by atoms with E-state index in [4.69, 9.17) is 0 Å². The highest BCUT2D eigenvalue weighted by Crippen LogP contribution is 2.23. The zero-order chi connectivity index (χ0) is 14.7. The number of pyridine rings is 1. The van der Waals surface area contributed by atoms with Crippen LogP contribution in [-0.4, -0.2) is 29.4 Å². The zero-order valence-corrected chi connectivity index (χ0v) is 12.2. The third kappa shape index (κ3) is 3.05. The highest BCUT2D eigenvalue weighted by Gasteiger charge is 2.15. The van der Waals surface area contributed by atoms with E-state index in [1.165, 1.54) is 5.56 Å². The maximum Gasteiger partial charge on any atom is 0.253 e. The Morgan fingerprint density at radius 1 is 1.33 bits per heavy atom. The molecular formula is C17H19N3O. The van der Waals surface area contributed by atoms with Crippen molar-refractivity contribution in [1.82, 2.24) is 9.88 Å². The lowest BCUT2D eigenvalue weighted by Gasteiger charge is -2.21. The molecule has 0 atom stereocenters. The number of nitrogens with one attached hydrogen (secondary N) is 1. The van der Waals surface area contributed by atoms with Crippen LogP contribution in [0.5, 0.6) is 0 Å². The minimum absolute atomic E-state index is 0.0361. The van der Waals surface area contributed by atoms with Crippen molar-refractivity contribution >= 4 is 11.6 Å². The smallest absolute Gasteiger partial charge is 0.253 e. The predicted octanol–water partition coefficient (Wildman–Crippen LogP) is 2.71. The first-order chi connectivity index (χ1) is 10.2. The maximum atomic E-state index is 12.5. The van der Waals surface area contributed by atoms with Crippen LogP contribution in [0.1, 0.15) is 28.0 Å². The summed E-state index contributed by atoms with van der Waals surface area (Å²) in [6, 6.07) is 11.7. The van der Waals surface area contributed by atoms with Gasteiger partial charge in [-0.2, -0.15) is 0 Å². The van der Waals surface area contributed by atoms with Gasteiger partial charge in [-0.3, -0.25) is 9.78 Å². The van der Waals surface area contributed by atoms with Crippen LogP contribution in [0.4, 0.5) is 5.69 Å². The van der Waals surface area contributed by atoms with E-state index in [1.54, 1.807) is 11.1 Å². The lowest BCUT2D eigenvalue weighted by Crippen LogP contribution is -2.27. The molecular weight excluding hydrogens is 262 g/mol. The van der Waals surface area contributed by atoms with Crippen LogP contribution in [0.25, 0.3) is 0 Å². The molecule has 1 amide bonds.